The number of nitrogens with zero attached hydrogens (tertiary/aromatic N) is 4. The van der Waals surface area contributed by atoms with E-state index < -0.39 is 0 Å². The van der Waals surface area contributed by atoms with E-state index in [0.29, 0.717) is 24.7 Å². The van der Waals surface area contributed by atoms with E-state index in [1.165, 1.54) is 12.8 Å². The standard InChI is InChI=1S/C18H22FN5O/c1-12-4-2-6-15(16(12)19)21-18(25)23-9-3-5-13(10-23)17-22-20-11-24(17)14-7-8-14/h2,4,6,11,13-14H,3,5,7-10H2,1H3,(H,21,25). The Labute approximate surface area is 146 Å². The Kier molecular flexibility index (Phi) is 4.15. The fraction of sp³-hybridized carbons (Fsp3) is 0.500. The molecule has 1 N–H and O–H groups in total. The number of aryl methyl sites for hydroxylation is 1. The Bertz CT molecular complexity index is 786. The molecule has 0 spiro atoms. The van der Waals surface area contributed by atoms with Crippen molar-refractivity contribution in [1.82, 2.24) is 19.7 Å². The van der Waals surface area contributed by atoms with E-state index in [2.05, 4.69) is 20.1 Å². The second kappa shape index (κ2) is 6.46. The average molecular weight is 343 g/mol. The minimum absolute atomic E-state index is 0.185. The molecule has 2 aliphatic rings. The number of hydrogen-bond acceptors (Lipinski definition) is 3. The maximum absolute atomic E-state index is 14.1. The number of aromatic nitrogens is 3. The van der Waals surface area contributed by atoms with Gasteiger partial charge in [0, 0.05) is 25.0 Å². The molecule has 1 unspecified atom stereocenters. The van der Waals surface area contributed by atoms with Crippen LogP contribution in [0, 0.1) is 12.7 Å². The molecule has 2 amide bonds. The summed E-state index contributed by atoms with van der Waals surface area (Å²) in [5, 5.41) is 11.1. The molecule has 1 atom stereocenters. The third kappa shape index (κ3) is 3.23. The monoisotopic (exact) mass is 343 g/mol. The normalized spacial score (nSPS) is 20.6. The molecule has 4 rings (SSSR count). The number of urea groups is 1. The lowest BCUT2D eigenvalue weighted by atomic mass is 9.97. The molecule has 1 aliphatic carbocycles. The van der Waals surface area contributed by atoms with Crippen molar-refractivity contribution in [1.29, 1.82) is 0 Å². The summed E-state index contributed by atoms with van der Waals surface area (Å²) in [6, 6.07) is 5.28. The highest BCUT2D eigenvalue weighted by Crippen LogP contribution is 2.38. The fourth-order valence-corrected chi connectivity index (χ4v) is 3.49. The van der Waals surface area contributed by atoms with Gasteiger partial charge in [-0.3, -0.25) is 0 Å². The first kappa shape index (κ1) is 16.1. The van der Waals surface area contributed by atoms with Gasteiger partial charge >= 0.3 is 6.03 Å². The van der Waals surface area contributed by atoms with E-state index in [1.807, 2.05) is 0 Å². The summed E-state index contributed by atoms with van der Waals surface area (Å²) in [7, 11) is 0. The number of hydrogen-bond donors (Lipinski definition) is 1. The van der Waals surface area contributed by atoms with Gasteiger partial charge in [-0.2, -0.15) is 0 Å². The van der Waals surface area contributed by atoms with Crippen LogP contribution in [0.25, 0.3) is 0 Å². The van der Waals surface area contributed by atoms with Gasteiger partial charge in [0.25, 0.3) is 0 Å². The summed E-state index contributed by atoms with van der Waals surface area (Å²) in [5.41, 5.74) is 0.750. The van der Waals surface area contributed by atoms with Gasteiger partial charge < -0.3 is 14.8 Å². The van der Waals surface area contributed by atoms with Gasteiger partial charge in [0.1, 0.15) is 18.0 Å². The Morgan fingerprint density at radius 3 is 2.96 bits per heavy atom. The van der Waals surface area contributed by atoms with Crippen molar-refractivity contribution in [3.05, 3.63) is 41.7 Å². The van der Waals surface area contributed by atoms with Gasteiger partial charge in [-0.15, -0.1) is 10.2 Å². The van der Waals surface area contributed by atoms with Crippen LogP contribution in [0.4, 0.5) is 14.9 Å². The Balaban J connectivity index is 1.46. The van der Waals surface area contributed by atoms with Crippen LogP contribution in [0.3, 0.4) is 0 Å². The third-order valence-electron chi connectivity index (χ3n) is 5.05. The maximum Gasteiger partial charge on any atom is 0.321 e. The number of anilines is 1. The lowest BCUT2D eigenvalue weighted by Crippen LogP contribution is -2.42. The molecule has 132 valence electrons. The maximum atomic E-state index is 14.1. The quantitative estimate of drug-likeness (QED) is 0.928. The Morgan fingerprint density at radius 2 is 2.16 bits per heavy atom. The van der Waals surface area contributed by atoms with Crippen molar-refractivity contribution in [2.45, 2.75) is 44.6 Å². The van der Waals surface area contributed by atoms with Crippen LogP contribution in [0.1, 0.15) is 49.0 Å². The van der Waals surface area contributed by atoms with Crippen LogP contribution in [-0.2, 0) is 0 Å². The first-order valence-corrected chi connectivity index (χ1v) is 8.84. The molecular weight excluding hydrogens is 321 g/mol. The van der Waals surface area contributed by atoms with E-state index in [4.69, 9.17) is 0 Å². The van der Waals surface area contributed by atoms with Crippen molar-refractivity contribution in [2.75, 3.05) is 18.4 Å². The summed E-state index contributed by atoms with van der Waals surface area (Å²) in [6.45, 7) is 2.95. The number of rotatable bonds is 3. The van der Waals surface area contributed by atoms with Crippen LogP contribution in [-0.4, -0.2) is 38.8 Å². The highest BCUT2D eigenvalue weighted by molar-refractivity contribution is 5.89. The molecule has 25 heavy (non-hydrogen) atoms. The topological polar surface area (TPSA) is 63.1 Å². The fourth-order valence-electron chi connectivity index (χ4n) is 3.49. The minimum atomic E-state index is -0.377. The first-order chi connectivity index (χ1) is 12.1. The zero-order chi connectivity index (χ0) is 17.4. The van der Waals surface area contributed by atoms with Crippen LogP contribution < -0.4 is 5.32 Å². The van der Waals surface area contributed by atoms with Crippen LogP contribution in [0.5, 0.6) is 0 Å². The van der Waals surface area contributed by atoms with Gasteiger partial charge in [-0.25, -0.2) is 9.18 Å². The average Bonchev–Trinajstić information content (AvgIpc) is 3.35. The van der Waals surface area contributed by atoms with Crippen molar-refractivity contribution < 1.29 is 9.18 Å². The van der Waals surface area contributed by atoms with Gasteiger partial charge in [0.15, 0.2) is 0 Å². The predicted molar refractivity (Wildman–Crippen MR) is 92.0 cm³/mol. The molecule has 0 bridgehead atoms. The molecular formula is C18H22FN5O. The van der Waals surface area contributed by atoms with Crippen LogP contribution in [0.2, 0.25) is 0 Å². The van der Waals surface area contributed by atoms with E-state index in [9.17, 15) is 9.18 Å². The van der Waals surface area contributed by atoms with Gasteiger partial charge in [0.2, 0.25) is 0 Å². The first-order valence-electron chi connectivity index (χ1n) is 8.84. The number of carbonyl (C=O) groups excluding carboxylic acids is 1. The van der Waals surface area contributed by atoms with Gasteiger partial charge in [0.05, 0.1) is 5.69 Å². The number of likely N-dealkylation sites (tertiary alicyclic amines) is 1. The number of carbonyl (C=O) groups is 1. The SMILES string of the molecule is Cc1cccc(NC(=O)N2CCCC(c3nncn3C3CC3)C2)c1F. The number of benzene rings is 1. The van der Waals surface area contributed by atoms with E-state index in [1.54, 1.807) is 36.4 Å². The zero-order valence-electron chi connectivity index (χ0n) is 14.3. The van der Waals surface area contributed by atoms with E-state index in [0.717, 1.165) is 18.7 Å². The molecule has 1 aromatic heterocycles. The number of piperidine rings is 1. The van der Waals surface area contributed by atoms with Crippen LogP contribution in [0.15, 0.2) is 24.5 Å². The molecule has 1 saturated carbocycles. The highest BCUT2D eigenvalue weighted by Gasteiger charge is 2.32. The lowest BCUT2D eigenvalue weighted by molar-refractivity contribution is 0.190. The largest absolute Gasteiger partial charge is 0.324 e. The molecule has 2 heterocycles. The highest BCUT2D eigenvalue weighted by atomic mass is 19.1. The van der Waals surface area contributed by atoms with E-state index in [-0.39, 0.29) is 23.5 Å². The molecule has 0 radical (unpaired) electrons. The molecule has 2 aromatic rings. The summed E-state index contributed by atoms with van der Waals surface area (Å²) in [5.74, 6) is 0.782. The molecule has 6 nitrogen and oxygen atoms in total. The Morgan fingerprint density at radius 1 is 1.32 bits per heavy atom. The van der Waals surface area contributed by atoms with Gasteiger partial charge in [-0.05, 0) is 44.2 Å². The molecule has 1 saturated heterocycles. The summed E-state index contributed by atoms with van der Waals surface area (Å²) < 4.78 is 16.3. The molecule has 1 aliphatic heterocycles. The smallest absolute Gasteiger partial charge is 0.321 e. The second-order valence-electron chi connectivity index (χ2n) is 6.98. The molecule has 1 aromatic carbocycles. The lowest BCUT2D eigenvalue weighted by Gasteiger charge is -2.32. The number of nitrogens with one attached hydrogen (secondary N) is 1. The molecule has 7 heteroatoms. The van der Waals surface area contributed by atoms with Crippen LogP contribution >= 0.6 is 0 Å². The second-order valence-corrected chi connectivity index (χ2v) is 6.98. The zero-order valence-corrected chi connectivity index (χ0v) is 14.3. The van der Waals surface area contributed by atoms with Crippen molar-refractivity contribution in [3.63, 3.8) is 0 Å². The Hall–Kier alpha value is -2.44. The van der Waals surface area contributed by atoms with Crippen molar-refractivity contribution >= 4 is 11.7 Å². The van der Waals surface area contributed by atoms with Crippen molar-refractivity contribution in [3.8, 4) is 0 Å². The summed E-state index contributed by atoms with van der Waals surface area (Å²) in [6.07, 6.45) is 6.05. The molecule has 2 fully saturated rings. The van der Waals surface area contributed by atoms with Gasteiger partial charge in [-0.1, -0.05) is 12.1 Å². The predicted octanol–water partition coefficient (Wildman–Crippen LogP) is 3.47. The summed E-state index contributed by atoms with van der Waals surface area (Å²) in [4.78, 5) is 14.3. The minimum Gasteiger partial charge on any atom is -0.324 e. The van der Waals surface area contributed by atoms with E-state index >= 15 is 0 Å². The number of halogens is 1. The third-order valence-corrected chi connectivity index (χ3v) is 5.05. The summed E-state index contributed by atoms with van der Waals surface area (Å²) >= 11 is 0. The van der Waals surface area contributed by atoms with Crippen molar-refractivity contribution in [2.24, 2.45) is 0 Å². The number of amides is 2.